The molecule has 0 saturated carbocycles. The summed E-state index contributed by atoms with van der Waals surface area (Å²) in [6.45, 7) is 0.765. The Morgan fingerprint density at radius 2 is 1.88 bits per heavy atom. The number of anilines is 2. The van der Waals surface area contributed by atoms with E-state index < -0.39 is 5.82 Å². The molecule has 1 fully saturated rings. The Bertz CT molecular complexity index is 910. The van der Waals surface area contributed by atoms with Crippen molar-refractivity contribution in [3.05, 3.63) is 65.7 Å². The van der Waals surface area contributed by atoms with Crippen LogP contribution in [0.5, 0.6) is 0 Å². The zero-order valence-electron chi connectivity index (χ0n) is 13.0. The zero-order chi connectivity index (χ0) is 16.7. The second-order valence-electron chi connectivity index (χ2n) is 6.14. The average molecular weight is 325 g/mol. The Morgan fingerprint density at radius 1 is 1.04 bits per heavy atom. The summed E-state index contributed by atoms with van der Waals surface area (Å²) in [5.74, 6) is -0.0323. The monoisotopic (exact) mass is 325 g/mol. The maximum absolute atomic E-state index is 14.2. The number of pyridine rings is 1. The second kappa shape index (κ2) is 5.74. The van der Waals surface area contributed by atoms with E-state index in [0.717, 1.165) is 42.2 Å². The number of benzene rings is 2. The molecule has 2 aromatic carbocycles. The molecule has 0 amide bonds. The van der Waals surface area contributed by atoms with Gasteiger partial charge in [0, 0.05) is 23.2 Å². The first kappa shape index (κ1) is 14.9. The molecule has 0 radical (unpaired) electrons. The number of nitrogens with zero attached hydrogens (tertiary/aromatic N) is 2. The van der Waals surface area contributed by atoms with Crippen molar-refractivity contribution < 1.29 is 8.78 Å². The molecule has 0 spiro atoms. The molecule has 24 heavy (non-hydrogen) atoms. The fourth-order valence-electron chi connectivity index (χ4n) is 3.42. The summed E-state index contributed by atoms with van der Waals surface area (Å²) in [7, 11) is 0. The third kappa shape index (κ3) is 2.56. The maximum Gasteiger partial charge on any atom is 0.129 e. The van der Waals surface area contributed by atoms with Gasteiger partial charge in [0.2, 0.25) is 0 Å². The first-order chi connectivity index (χ1) is 11.6. The SMILES string of the molecule is Nc1ccc2ccc(N3CCC[C@@H]3c3cc(F)ccc3F)nc2c1. The molecule has 5 heteroatoms. The van der Waals surface area contributed by atoms with Crippen LogP contribution < -0.4 is 10.6 Å². The standard InChI is InChI=1S/C19H17F2N3/c20-13-5-7-16(21)15(10-13)18-2-1-9-24(18)19-8-4-12-3-6-14(22)11-17(12)23-19/h3-8,10-11,18H,1-2,9,22H2/t18-/m1/s1. The van der Waals surface area contributed by atoms with Gasteiger partial charge in [0.1, 0.15) is 17.5 Å². The van der Waals surface area contributed by atoms with Gasteiger partial charge >= 0.3 is 0 Å². The molecule has 1 aliphatic rings. The lowest BCUT2D eigenvalue weighted by Crippen LogP contribution is -2.24. The first-order valence-corrected chi connectivity index (χ1v) is 8.00. The van der Waals surface area contributed by atoms with Gasteiger partial charge < -0.3 is 10.6 Å². The minimum absolute atomic E-state index is 0.202. The summed E-state index contributed by atoms with van der Waals surface area (Å²) in [5.41, 5.74) is 7.69. The number of aromatic nitrogens is 1. The van der Waals surface area contributed by atoms with Gasteiger partial charge in [-0.2, -0.15) is 0 Å². The summed E-state index contributed by atoms with van der Waals surface area (Å²) in [4.78, 5) is 6.72. The lowest BCUT2D eigenvalue weighted by molar-refractivity contribution is 0.560. The Hall–Kier alpha value is -2.69. The maximum atomic E-state index is 14.2. The van der Waals surface area contributed by atoms with Crippen LogP contribution in [-0.4, -0.2) is 11.5 Å². The molecular weight excluding hydrogens is 308 g/mol. The summed E-state index contributed by atoms with van der Waals surface area (Å²) in [5, 5.41) is 1.00. The summed E-state index contributed by atoms with van der Waals surface area (Å²) < 4.78 is 27.8. The predicted octanol–water partition coefficient (Wildman–Crippen LogP) is 4.44. The van der Waals surface area contributed by atoms with Crippen molar-refractivity contribution in [2.75, 3.05) is 17.2 Å². The summed E-state index contributed by atoms with van der Waals surface area (Å²) in [6.07, 6.45) is 1.69. The topological polar surface area (TPSA) is 42.1 Å². The molecule has 122 valence electrons. The molecule has 4 rings (SSSR count). The van der Waals surface area contributed by atoms with Crippen molar-refractivity contribution in [3.8, 4) is 0 Å². The van der Waals surface area contributed by atoms with Crippen LogP contribution in [-0.2, 0) is 0 Å². The average Bonchev–Trinajstić information content (AvgIpc) is 3.05. The molecule has 1 aromatic heterocycles. The van der Waals surface area contributed by atoms with E-state index in [4.69, 9.17) is 5.73 Å². The lowest BCUT2D eigenvalue weighted by Gasteiger charge is -2.26. The quantitative estimate of drug-likeness (QED) is 0.708. The molecule has 1 saturated heterocycles. The van der Waals surface area contributed by atoms with Crippen LogP contribution in [0.25, 0.3) is 10.9 Å². The van der Waals surface area contributed by atoms with Gasteiger partial charge in [0.15, 0.2) is 0 Å². The van der Waals surface area contributed by atoms with E-state index in [1.807, 2.05) is 35.2 Å². The Morgan fingerprint density at radius 3 is 2.75 bits per heavy atom. The van der Waals surface area contributed by atoms with E-state index in [9.17, 15) is 8.78 Å². The van der Waals surface area contributed by atoms with E-state index in [1.165, 1.54) is 12.1 Å². The van der Waals surface area contributed by atoms with Gasteiger partial charge in [-0.15, -0.1) is 0 Å². The van der Waals surface area contributed by atoms with Crippen LogP contribution >= 0.6 is 0 Å². The van der Waals surface area contributed by atoms with Crippen LogP contribution in [0.1, 0.15) is 24.4 Å². The first-order valence-electron chi connectivity index (χ1n) is 8.00. The number of nitrogen functional groups attached to an aromatic ring is 1. The molecule has 0 aliphatic carbocycles. The highest BCUT2D eigenvalue weighted by Gasteiger charge is 2.29. The predicted molar refractivity (Wildman–Crippen MR) is 91.8 cm³/mol. The van der Waals surface area contributed by atoms with E-state index >= 15 is 0 Å². The number of hydrogen-bond acceptors (Lipinski definition) is 3. The van der Waals surface area contributed by atoms with Crippen LogP contribution in [0.2, 0.25) is 0 Å². The highest BCUT2D eigenvalue weighted by Crippen LogP contribution is 2.37. The van der Waals surface area contributed by atoms with Gasteiger partial charge in [-0.1, -0.05) is 6.07 Å². The number of rotatable bonds is 2. The van der Waals surface area contributed by atoms with Gasteiger partial charge in [0.25, 0.3) is 0 Å². The van der Waals surface area contributed by atoms with Gasteiger partial charge in [-0.25, -0.2) is 13.8 Å². The Kier molecular flexibility index (Phi) is 3.56. The van der Waals surface area contributed by atoms with Crippen LogP contribution in [0.3, 0.4) is 0 Å². The van der Waals surface area contributed by atoms with Gasteiger partial charge in [-0.05, 0) is 55.3 Å². The Labute approximate surface area is 138 Å². The van der Waals surface area contributed by atoms with E-state index in [-0.39, 0.29) is 11.9 Å². The van der Waals surface area contributed by atoms with Crippen molar-refractivity contribution >= 4 is 22.4 Å². The van der Waals surface area contributed by atoms with E-state index in [1.54, 1.807) is 0 Å². The smallest absolute Gasteiger partial charge is 0.129 e. The Balaban J connectivity index is 1.76. The van der Waals surface area contributed by atoms with Crippen molar-refractivity contribution in [1.82, 2.24) is 4.98 Å². The molecular formula is C19H17F2N3. The van der Waals surface area contributed by atoms with E-state index in [2.05, 4.69) is 4.98 Å². The minimum Gasteiger partial charge on any atom is -0.399 e. The minimum atomic E-state index is -0.419. The fraction of sp³-hybridized carbons (Fsp3) is 0.211. The van der Waals surface area contributed by atoms with Gasteiger partial charge in [0.05, 0.1) is 11.6 Å². The number of halogens is 2. The number of fused-ring (bicyclic) bond motifs is 1. The molecule has 2 N–H and O–H groups in total. The molecule has 0 bridgehead atoms. The van der Waals surface area contributed by atoms with Crippen LogP contribution in [0.4, 0.5) is 20.3 Å². The van der Waals surface area contributed by atoms with Gasteiger partial charge in [-0.3, -0.25) is 0 Å². The third-order valence-electron chi connectivity index (χ3n) is 4.57. The molecule has 3 nitrogen and oxygen atoms in total. The summed E-state index contributed by atoms with van der Waals surface area (Å²) >= 11 is 0. The molecule has 1 atom stereocenters. The van der Waals surface area contributed by atoms with Crippen LogP contribution in [0, 0.1) is 11.6 Å². The fourth-order valence-corrected chi connectivity index (χ4v) is 3.42. The molecule has 2 heterocycles. The normalized spacial score (nSPS) is 17.6. The second-order valence-corrected chi connectivity index (χ2v) is 6.14. The number of nitrogens with two attached hydrogens (primary N) is 1. The third-order valence-corrected chi connectivity index (χ3v) is 4.57. The molecule has 1 aliphatic heterocycles. The largest absolute Gasteiger partial charge is 0.399 e. The van der Waals surface area contributed by atoms with Crippen molar-refractivity contribution in [3.63, 3.8) is 0 Å². The zero-order valence-corrected chi connectivity index (χ0v) is 13.0. The summed E-state index contributed by atoms with van der Waals surface area (Å²) in [6, 6.07) is 12.9. The highest BCUT2D eigenvalue weighted by atomic mass is 19.1. The molecule has 0 unspecified atom stereocenters. The molecule has 3 aromatic rings. The lowest BCUT2D eigenvalue weighted by atomic mass is 10.0. The highest BCUT2D eigenvalue weighted by molar-refractivity contribution is 5.83. The van der Waals surface area contributed by atoms with Crippen molar-refractivity contribution in [2.24, 2.45) is 0 Å². The van der Waals surface area contributed by atoms with E-state index in [0.29, 0.717) is 11.3 Å². The van der Waals surface area contributed by atoms with Crippen LogP contribution in [0.15, 0.2) is 48.5 Å². The van der Waals surface area contributed by atoms with Crippen molar-refractivity contribution in [1.29, 1.82) is 0 Å². The van der Waals surface area contributed by atoms with Crippen molar-refractivity contribution in [2.45, 2.75) is 18.9 Å². The number of hydrogen-bond donors (Lipinski definition) is 1.